The zero-order valence-electron chi connectivity index (χ0n) is 11.9. The first-order chi connectivity index (χ1) is 9.52. The number of halogens is 1. The minimum Gasteiger partial charge on any atom is -0.342 e. The third kappa shape index (κ3) is 2.50. The van der Waals surface area contributed by atoms with Gasteiger partial charge in [0.1, 0.15) is 5.82 Å². The molecular weight excluding hydrogens is 312 g/mol. The topological polar surface area (TPSA) is 28.7 Å². The van der Waals surface area contributed by atoms with Gasteiger partial charge in [-0.2, -0.15) is 0 Å². The number of imidazole rings is 1. The Bertz CT molecular complexity index is 787. The number of rotatable bonds is 2. The Kier molecular flexibility index (Phi) is 3.38. The van der Waals surface area contributed by atoms with Gasteiger partial charge in [-0.3, -0.25) is 0 Å². The highest BCUT2D eigenvalue weighted by Crippen LogP contribution is 2.23. The molecule has 102 valence electrons. The highest BCUT2D eigenvalue weighted by atomic mass is 79.9. The lowest BCUT2D eigenvalue weighted by molar-refractivity contribution is 1.02. The summed E-state index contributed by atoms with van der Waals surface area (Å²) in [5, 5.41) is 0. The number of benzene rings is 2. The molecule has 0 amide bonds. The van der Waals surface area contributed by atoms with Crippen LogP contribution in [0.25, 0.3) is 11.0 Å². The smallest absolute Gasteiger partial charge is 0.111 e. The average Bonchev–Trinajstić information content (AvgIpc) is 2.76. The van der Waals surface area contributed by atoms with Crippen LogP contribution < -0.4 is 0 Å². The third-order valence-corrected chi connectivity index (χ3v) is 4.11. The Hall–Kier alpha value is -1.61. The molecule has 0 saturated carbocycles. The molecule has 0 fully saturated rings. The summed E-state index contributed by atoms with van der Waals surface area (Å²) in [6.45, 7) is 6.37. The lowest BCUT2D eigenvalue weighted by Crippen LogP contribution is -1.94. The van der Waals surface area contributed by atoms with Crippen molar-refractivity contribution in [2.24, 2.45) is 0 Å². The van der Waals surface area contributed by atoms with E-state index in [0.717, 1.165) is 27.8 Å². The highest BCUT2D eigenvalue weighted by molar-refractivity contribution is 9.10. The van der Waals surface area contributed by atoms with E-state index in [2.05, 4.69) is 72.0 Å². The summed E-state index contributed by atoms with van der Waals surface area (Å²) in [6, 6.07) is 10.8. The van der Waals surface area contributed by atoms with Gasteiger partial charge < -0.3 is 4.98 Å². The second-order valence-corrected chi connectivity index (χ2v) is 6.32. The average molecular weight is 329 g/mol. The van der Waals surface area contributed by atoms with Crippen molar-refractivity contribution < 1.29 is 0 Å². The fourth-order valence-electron chi connectivity index (χ4n) is 2.55. The summed E-state index contributed by atoms with van der Waals surface area (Å²) < 4.78 is 1.09. The molecule has 1 N–H and O–H groups in total. The van der Waals surface area contributed by atoms with E-state index in [-0.39, 0.29) is 0 Å². The number of hydrogen-bond donors (Lipinski definition) is 1. The number of aryl methyl sites for hydroxylation is 3. The predicted molar refractivity (Wildman–Crippen MR) is 87.3 cm³/mol. The van der Waals surface area contributed by atoms with Gasteiger partial charge in [0.05, 0.1) is 11.0 Å². The number of aromatic nitrogens is 2. The Morgan fingerprint density at radius 2 is 1.85 bits per heavy atom. The Balaban J connectivity index is 2.03. The maximum Gasteiger partial charge on any atom is 0.111 e. The van der Waals surface area contributed by atoms with Crippen molar-refractivity contribution in [1.82, 2.24) is 9.97 Å². The van der Waals surface area contributed by atoms with E-state index < -0.39 is 0 Å². The summed E-state index contributed by atoms with van der Waals surface area (Å²) in [5.41, 5.74) is 7.29. The van der Waals surface area contributed by atoms with E-state index >= 15 is 0 Å². The van der Waals surface area contributed by atoms with Gasteiger partial charge in [-0.25, -0.2) is 4.98 Å². The second kappa shape index (κ2) is 5.06. The van der Waals surface area contributed by atoms with Crippen LogP contribution in [0, 0.1) is 20.8 Å². The molecule has 0 aliphatic carbocycles. The van der Waals surface area contributed by atoms with Crippen LogP contribution in [0.15, 0.2) is 34.8 Å². The third-order valence-electron chi connectivity index (χ3n) is 3.65. The lowest BCUT2D eigenvalue weighted by atomic mass is 10.0. The van der Waals surface area contributed by atoms with Gasteiger partial charge in [0, 0.05) is 10.9 Å². The minimum absolute atomic E-state index is 0.846. The van der Waals surface area contributed by atoms with Gasteiger partial charge in [0.15, 0.2) is 0 Å². The van der Waals surface area contributed by atoms with Crippen molar-refractivity contribution in [3.8, 4) is 0 Å². The molecule has 0 bridgehead atoms. The van der Waals surface area contributed by atoms with Crippen molar-refractivity contribution in [3.05, 3.63) is 62.9 Å². The minimum atomic E-state index is 0.846. The molecular formula is C17H17BrN2. The van der Waals surface area contributed by atoms with Crippen molar-refractivity contribution in [2.45, 2.75) is 27.2 Å². The molecule has 1 heterocycles. The van der Waals surface area contributed by atoms with Gasteiger partial charge in [-0.15, -0.1) is 0 Å². The summed E-state index contributed by atoms with van der Waals surface area (Å²) in [4.78, 5) is 8.17. The van der Waals surface area contributed by atoms with Crippen LogP contribution in [-0.2, 0) is 6.42 Å². The monoisotopic (exact) mass is 328 g/mol. The maximum absolute atomic E-state index is 4.74. The molecule has 2 aromatic carbocycles. The number of nitrogens with zero attached hydrogens (tertiary/aromatic N) is 1. The van der Waals surface area contributed by atoms with E-state index in [1.807, 2.05) is 0 Å². The quantitative estimate of drug-likeness (QED) is 0.716. The summed E-state index contributed by atoms with van der Waals surface area (Å²) in [7, 11) is 0. The van der Waals surface area contributed by atoms with Crippen LogP contribution in [0.1, 0.15) is 28.1 Å². The van der Waals surface area contributed by atoms with Gasteiger partial charge in [-0.05, 0) is 49.6 Å². The number of fused-ring (bicyclic) bond motifs is 1. The van der Waals surface area contributed by atoms with E-state index in [1.54, 1.807) is 0 Å². The van der Waals surface area contributed by atoms with Crippen molar-refractivity contribution in [1.29, 1.82) is 0 Å². The van der Waals surface area contributed by atoms with Gasteiger partial charge >= 0.3 is 0 Å². The zero-order chi connectivity index (χ0) is 14.3. The van der Waals surface area contributed by atoms with E-state index in [0.29, 0.717) is 0 Å². The first-order valence-electron chi connectivity index (χ1n) is 6.74. The molecule has 0 atom stereocenters. The van der Waals surface area contributed by atoms with Crippen molar-refractivity contribution >= 4 is 27.0 Å². The first-order valence-corrected chi connectivity index (χ1v) is 7.53. The number of nitrogens with one attached hydrogen (secondary N) is 1. The standard InChI is InChI=1S/C17H17BrN2/c1-10-4-5-11(2)13(6-10)8-16-19-15-9-14(18)7-12(3)17(15)20-16/h4-7,9H,8H2,1-3H3,(H,19,20). The molecule has 0 unspecified atom stereocenters. The Morgan fingerprint density at radius 1 is 1.05 bits per heavy atom. The van der Waals surface area contributed by atoms with E-state index in [1.165, 1.54) is 22.3 Å². The summed E-state index contributed by atoms with van der Waals surface area (Å²) >= 11 is 3.53. The van der Waals surface area contributed by atoms with E-state index in [9.17, 15) is 0 Å². The predicted octanol–water partition coefficient (Wildman–Crippen LogP) is 4.84. The van der Waals surface area contributed by atoms with Crippen molar-refractivity contribution in [3.63, 3.8) is 0 Å². The second-order valence-electron chi connectivity index (χ2n) is 5.41. The molecule has 3 heteroatoms. The van der Waals surface area contributed by atoms with Crippen LogP contribution in [0.4, 0.5) is 0 Å². The molecule has 2 nitrogen and oxygen atoms in total. The normalized spacial score (nSPS) is 11.2. The molecule has 3 rings (SSSR count). The fraction of sp³-hybridized carbons (Fsp3) is 0.235. The molecule has 20 heavy (non-hydrogen) atoms. The zero-order valence-corrected chi connectivity index (χ0v) is 13.5. The highest BCUT2D eigenvalue weighted by Gasteiger charge is 2.08. The van der Waals surface area contributed by atoms with E-state index in [4.69, 9.17) is 4.98 Å². The molecule has 0 aliphatic rings. The largest absolute Gasteiger partial charge is 0.342 e. The number of hydrogen-bond acceptors (Lipinski definition) is 1. The summed E-state index contributed by atoms with van der Waals surface area (Å²) in [6.07, 6.45) is 0.846. The molecule has 0 spiro atoms. The molecule has 3 aromatic rings. The van der Waals surface area contributed by atoms with Crippen molar-refractivity contribution in [2.75, 3.05) is 0 Å². The van der Waals surface area contributed by atoms with Crippen LogP contribution >= 0.6 is 15.9 Å². The summed E-state index contributed by atoms with van der Waals surface area (Å²) in [5.74, 6) is 1.02. The molecule has 0 saturated heterocycles. The first kappa shape index (κ1) is 13.4. The maximum atomic E-state index is 4.74. The van der Waals surface area contributed by atoms with Crippen LogP contribution in [0.5, 0.6) is 0 Å². The SMILES string of the molecule is Cc1ccc(C)c(Cc2nc3c(C)cc(Br)cc3[nH]2)c1. The lowest BCUT2D eigenvalue weighted by Gasteiger charge is -2.04. The van der Waals surface area contributed by atoms with Crippen LogP contribution in [-0.4, -0.2) is 9.97 Å². The van der Waals surface area contributed by atoms with Gasteiger partial charge in [0.25, 0.3) is 0 Å². The van der Waals surface area contributed by atoms with Crippen LogP contribution in [0.3, 0.4) is 0 Å². The number of H-pyrrole nitrogens is 1. The Labute approximate surface area is 127 Å². The van der Waals surface area contributed by atoms with Gasteiger partial charge in [0.2, 0.25) is 0 Å². The fourth-order valence-corrected chi connectivity index (χ4v) is 3.12. The Morgan fingerprint density at radius 3 is 2.65 bits per heavy atom. The molecule has 1 aromatic heterocycles. The molecule has 0 aliphatic heterocycles. The molecule has 0 radical (unpaired) electrons. The number of aromatic amines is 1. The van der Waals surface area contributed by atoms with Gasteiger partial charge in [-0.1, -0.05) is 39.7 Å². The van der Waals surface area contributed by atoms with Crippen LogP contribution in [0.2, 0.25) is 0 Å².